The Hall–Kier alpha value is -1.51. The van der Waals surface area contributed by atoms with Crippen molar-refractivity contribution in [2.75, 3.05) is 25.5 Å². The quantitative estimate of drug-likeness (QED) is 0.914. The molecule has 1 atom stereocenters. The number of aryl methyl sites for hydroxylation is 1. The fourth-order valence-electron chi connectivity index (χ4n) is 3.22. The molecule has 1 aromatic rings. The number of carbonyl (C=O) groups is 1. The van der Waals surface area contributed by atoms with E-state index in [1.165, 1.54) is 6.42 Å². The topological polar surface area (TPSA) is 32.3 Å². The van der Waals surface area contributed by atoms with Crippen molar-refractivity contribution in [3.8, 4) is 0 Å². The summed E-state index contributed by atoms with van der Waals surface area (Å²) in [4.78, 5) is 14.9. The summed E-state index contributed by atoms with van der Waals surface area (Å²) in [5.74, 6) is 1.64. The van der Waals surface area contributed by atoms with E-state index in [9.17, 15) is 4.79 Å². The number of amides is 1. The number of likely N-dealkylation sites (tertiary alicyclic amines) is 1. The van der Waals surface area contributed by atoms with E-state index in [-0.39, 0.29) is 5.91 Å². The lowest BCUT2D eigenvalue weighted by Crippen LogP contribution is -2.32. The molecule has 0 aromatic heterocycles. The molecule has 1 aliphatic heterocycles. The summed E-state index contributed by atoms with van der Waals surface area (Å²) in [6.07, 6.45) is 3.49. The van der Waals surface area contributed by atoms with E-state index < -0.39 is 0 Å². The zero-order valence-corrected chi connectivity index (χ0v) is 13.8. The zero-order chi connectivity index (χ0) is 15.4. The van der Waals surface area contributed by atoms with Crippen molar-refractivity contribution in [3.63, 3.8) is 0 Å². The van der Waals surface area contributed by atoms with E-state index in [0.717, 1.165) is 48.7 Å². The van der Waals surface area contributed by atoms with Crippen LogP contribution in [0, 0.1) is 18.8 Å². The van der Waals surface area contributed by atoms with Crippen LogP contribution >= 0.6 is 0 Å². The summed E-state index contributed by atoms with van der Waals surface area (Å²) in [5.41, 5.74) is 2.86. The Morgan fingerprint density at radius 1 is 1.29 bits per heavy atom. The third-order valence-electron chi connectivity index (χ3n) is 4.68. The number of carbonyl (C=O) groups excluding carboxylic acids is 1. The van der Waals surface area contributed by atoms with Crippen molar-refractivity contribution < 1.29 is 4.79 Å². The molecule has 1 fully saturated rings. The Kier molecular flexibility index (Phi) is 5.27. The van der Waals surface area contributed by atoms with Gasteiger partial charge in [-0.25, -0.2) is 0 Å². The van der Waals surface area contributed by atoms with Gasteiger partial charge in [-0.15, -0.1) is 0 Å². The Labute approximate surface area is 128 Å². The normalized spacial score (nSPS) is 19.5. The van der Waals surface area contributed by atoms with E-state index >= 15 is 0 Å². The molecule has 1 unspecified atom stereocenters. The third-order valence-corrected chi connectivity index (χ3v) is 4.68. The molecule has 0 spiro atoms. The number of hydrogen-bond donors (Lipinski definition) is 1. The van der Waals surface area contributed by atoms with Gasteiger partial charge in [0.1, 0.15) is 0 Å². The van der Waals surface area contributed by atoms with E-state index in [4.69, 9.17) is 0 Å². The van der Waals surface area contributed by atoms with Crippen molar-refractivity contribution in [3.05, 3.63) is 29.3 Å². The molecule has 0 saturated carbocycles. The minimum Gasteiger partial charge on any atom is -0.387 e. The van der Waals surface area contributed by atoms with Crippen molar-refractivity contribution >= 4 is 11.6 Å². The van der Waals surface area contributed by atoms with Crippen LogP contribution in [0.4, 0.5) is 5.69 Å². The van der Waals surface area contributed by atoms with E-state index in [2.05, 4.69) is 19.2 Å². The molecule has 3 heteroatoms. The smallest absolute Gasteiger partial charge is 0.255 e. The van der Waals surface area contributed by atoms with Crippen molar-refractivity contribution in [2.24, 2.45) is 11.8 Å². The van der Waals surface area contributed by atoms with E-state index in [1.807, 2.05) is 37.1 Å². The minimum absolute atomic E-state index is 0.174. The van der Waals surface area contributed by atoms with Gasteiger partial charge in [0.05, 0.1) is 5.56 Å². The van der Waals surface area contributed by atoms with Gasteiger partial charge in [-0.2, -0.15) is 0 Å². The highest BCUT2D eigenvalue weighted by atomic mass is 16.2. The van der Waals surface area contributed by atoms with E-state index in [1.54, 1.807) is 0 Å². The molecule has 1 N–H and O–H groups in total. The Morgan fingerprint density at radius 2 is 2.05 bits per heavy atom. The molecule has 1 aromatic carbocycles. The Bertz CT molecular complexity index is 496. The van der Waals surface area contributed by atoms with Crippen molar-refractivity contribution in [1.82, 2.24) is 4.90 Å². The molecule has 0 radical (unpaired) electrons. The average molecular weight is 288 g/mol. The molecule has 3 nitrogen and oxygen atoms in total. The monoisotopic (exact) mass is 288 g/mol. The molecule has 2 rings (SSSR count). The van der Waals surface area contributed by atoms with Crippen LogP contribution in [0.2, 0.25) is 0 Å². The number of hydrogen-bond acceptors (Lipinski definition) is 2. The summed E-state index contributed by atoms with van der Waals surface area (Å²) in [7, 11) is 1.87. The maximum Gasteiger partial charge on any atom is 0.255 e. The maximum atomic E-state index is 12.8. The molecule has 0 bridgehead atoms. The standard InChI is InChI=1S/C18H28N2O/c1-13(2)15-6-5-10-20(11-9-15)18(21)16-12-14(3)7-8-17(16)19-4/h7-8,12-13,15,19H,5-6,9-11H2,1-4H3. The average Bonchev–Trinajstić information content (AvgIpc) is 2.72. The molecule has 1 heterocycles. The van der Waals surface area contributed by atoms with Crippen LogP contribution in [0.5, 0.6) is 0 Å². The molecular weight excluding hydrogens is 260 g/mol. The van der Waals surface area contributed by atoms with Crippen molar-refractivity contribution in [1.29, 1.82) is 0 Å². The molecule has 116 valence electrons. The predicted octanol–water partition coefficient (Wildman–Crippen LogP) is 3.94. The minimum atomic E-state index is 0.174. The SMILES string of the molecule is CNc1ccc(C)cc1C(=O)N1CCCC(C(C)C)CC1. The summed E-state index contributed by atoms with van der Waals surface area (Å²) >= 11 is 0. The van der Waals surface area contributed by atoms with Gasteiger partial charge in [-0.05, 0) is 50.2 Å². The molecule has 1 aliphatic rings. The second-order valence-corrected chi connectivity index (χ2v) is 6.53. The number of benzene rings is 1. The maximum absolute atomic E-state index is 12.8. The number of nitrogens with one attached hydrogen (secondary N) is 1. The molecule has 1 saturated heterocycles. The summed E-state index contributed by atoms with van der Waals surface area (Å²) < 4.78 is 0. The van der Waals surface area contributed by atoms with Crippen LogP contribution in [0.15, 0.2) is 18.2 Å². The first-order chi connectivity index (χ1) is 10.0. The fourth-order valence-corrected chi connectivity index (χ4v) is 3.22. The third kappa shape index (κ3) is 3.78. The first kappa shape index (κ1) is 15.9. The van der Waals surface area contributed by atoms with Gasteiger partial charge in [0.2, 0.25) is 0 Å². The van der Waals surface area contributed by atoms with Gasteiger partial charge in [-0.1, -0.05) is 25.5 Å². The van der Waals surface area contributed by atoms with Crippen LogP contribution in [0.3, 0.4) is 0 Å². The van der Waals surface area contributed by atoms with Crippen LogP contribution in [0.25, 0.3) is 0 Å². The van der Waals surface area contributed by atoms with Crippen LogP contribution in [-0.4, -0.2) is 30.9 Å². The highest BCUT2D eigenvalue weighted by molar-refractivity contribution is 5.99. The number of nitrogens with zero attached hydrogens (tertiary/aromatic N) is 1. The number of anilines is 1. The second-order valence-electron chi connectivity index (χ2n) is 6.53. The summed E-state index contributed by atoms with van der Waals surface area (Å²) in [6.45, 7) is 8.40. The van der Waals surface area contributed by atoms with Gasteiger partial charge in [-0.3, -0.25) is 4.79 Å². The van der Waals surface area contributed by atoms with Gasteiger partial charge < -0.3 is 10.2 Å². The fraction of sp³-hybridized carbons (Fsp3) is 0.611. The van der Waals surface area contributed by atoms with Crippen LogP contribution in [0.1, 0.15) is 49.0 Å². The molecular formula is C18H28N2O. The van der Waals surface area contributed by atoms with E-state index in [0.29, 0.717) is 5.92 Å². The zero-order valence-electron chi connectivity index (χ0n) is 13.8. The van der Waals surface area contributed by atoms with Crippen molar-refractivity contribution in [2.45, 2.75) is 40.0 Å². The Balaban J connectivity index is 2.15. The Morgan fingerprint density at radius 3 is 2.71 bits per heavy atom. The molecule has 21 heavy (non-hydrogen) atoms. The highest BCUT2D eigenvalue weighted by Crippen LogP contribution is 2.26. The summed E-state index contributed by atoms with van der Waals surface area (Å²) in [6, 6.07) is 6.04. The van der Waals surface area contributed by atoms with Gasteiger partial charge in [0.25, 0.3) is 5.91 Å². The lowest BCUT2D eigenvalue weighted by molar-refractivity contribution is 0.0759. The largest absolute Gasteiger partial charge is 0.387 e. The van der Waals surface area contributed by atoms with Gasteiger partial charge in [0.15, 0.2) is 0 Å². The van der Waals surface area contributed by atoms with Gasteiger partial charge in [0, 0.05) is 25.8 Å². The van der Waals surface area contributed by atoms with Crippen LogP contribution in [-0.2, 0) is 0 Å². The molecule has 1 amide bonds. The first-order valence-electron chi connectivity index (χ1n) is 8.10. The molecule has 0 aliphatic carbocycles. The lowest BCUT2D eigenvalue weighted by Gasteiger charge is -2.23. The summed E-state index contributed by atoms with van der Waals surface area (Å²) in [5, 5.41) is 3.14. The highest BCUT2D eigenvalue weighted by Gasteiger charge is 2.24. The first-order valence-corrected chi connectivity index (χ1v) is 8.10. The predicted molar refractivity (Wildman–Crippen MR) is 88.8 cm³/mol. The van der Waals surface area contributed by atoms with Gasteiger partial charge >= 0.3 is 0 Å². The number of rotatable bonds is 3. The van der Waals surface area contributed by atoms with Crippen LogP contribution < -0.4 is 5.32 Å². The second kappa shape index (κ2) is 6.97. The lowest BCUT2D eigenvalue weighted by atomic mass is 9.89.